The van der Waals surface area contributed by atoms with Crippen LogP contribution in [0.25, 0.3) is 10.5 Å². The lowest BCUT2D eigenvalue weighted by atomic mass is 10.5. The summed E-state index contributed by atoms with van der Waals surface area (Å²) in [6.45, 7) is 2.09. The first-order chi connectivity index (χ1) is 6.33. The van der Waals surface area contributed by atoms with E-state index in [1.165, 1.54) is 0 Å². The highest BCUT2D eigenvalue weighted by Gasteiger charge is 2.04. The number of thioether (sulfide) groups is 1. The van der Waals surface area contributed by atoms with E-state index in [4.69, 9.17) is 0 Å². The molecule has 2 rings (SSSR count). The molecule has 2 aromatic rings. The van der Waals surface area contributed by atoms with Crippen LogP contribution in [0.15, 0.2) is 11.2 Å². The second-order valence-electron chi connectivity index (χ2n) is 2.50. The van der Waals surface area contributed by atoms with Crippen LogP contribution < -0.4 is 0 Å². The minimum Gasteiger partial charge on any atom is -0.232 e. The summed E-state index contributed by atoms with van der Waals surface area (Å²) in [7, 11) is 0. The third-order valence-electron chi connectivity index (χ3n) is 1.66. The van der Waals surface area contributed by atoms with Gasteiger partial charge < -0.3 is 0 Å². The van der Waals surface area contributed by atoms with Gasteiger partial charge in [-0.05, 0) is 12.7 Å². The van der Waals surface area contributed by atoms with Gasteiger partial charge in [-0.3, -0.25) is 0 Å². The number of aromatic nitrogens is 3. The molecule has 0 unspecified atom stereocenters. The van der Waals surface area contributed by atoms with Gasteiger partial charge in [-0.15, -0.1) is 11.8 Å². The molecule has 2 aromatic heterocycles. The molecule has 0 N–H and O–H groups in total. The van der Waals surface area contributed by atoms with Gasteiger partial charge >= 0.3 is 0 Å². The zero-order valence-corrected chi connectivity index (χ0v) is 9.08. The Labute approximate surface area is 84.6 Å². The Hall–Kier alpha value is -0.680. The number of hydrogen-bond acceptors (Lipinski definition) is 5. The summed E-state index contributed by atoms with van der Waals surface area (Å²) in [5, 5.41) is 2.06. The molecule has 0 saturated carbocycles. The van der Waals surface area contributed by atoms with Gasteiger partial charge in [0.05, 0.1) is 11.2 Å². The molecule has 0 aliphatic carbocycles. The van der Waals surface area contributed by atoms with E-state index < -0.39 is 0 Å². The van der Waals surface area contributed by atoms with Crippen molar-refractivity contribution in [2.45, 2.75) is 18.4 Å². The molecular formula is C8H9N3S2. The van der Waals surface area contributed by atoms with Crippen molar-refractivity contribution >= 4 is 33.6 Å². The fraction of sp³-hybridized carbons (Fsp3) is 0.375. The zero-order valence-electron chi connectivity index (χ0n) is 7.44. The van der Waals surface area contributed by atoms with E-state index in [-0.39, 0.29) is 0 Å². The van der Waals surface area contributed by atoms with E-state index in [9.17, 15) is 0 Å². The Morgan fingerprint density at radius 3 is 3.00 bits per heavy atom. The van der Waals surface area contributed by atoms with Crippen LogP contribution in [0.4, 0.5) is 0 Å². The van der Waals surface area contributed by atoms with Gasteiger partial charge in [-0.1, -0.05) is 18.3 Å². The maximum absolute atomic E-state index is 4.42. The first-order valence-corrected chi connectivity index (χ1v) is 6.04. The van der Waals surface area contributed by atoms with Crippen LogP contribution in [0.2, 0.25) is 0 Å². The summed E-state index contributed by atoms with van der Waals surface area (Å²) in [6, 6.07) is 0. The molecule has 0 amide bonds. The summed E-state index contributed by atoms with van der Waals surface area (Å²) >= 11 is 3.23. The maximum atomic E-state index is 4.42. The highest BCUT2D eigenvalue weighted by atomic mass is 32.2. The van der Waals surface area contributed by atoms with Crippen LogP contribution in [0.3, 0.4) is 0 Å². The van der Waals surface area contributed by atoms with Gasteiger partial charge in [0.2, 0.25) is 0 Å². The van der Waals surface area contributed by atoms with Crippen molar-refractivity contribution in [2.24, 2.45) is 0 Å². The molecule has 0 fully saturated rings. The third-order valence-corrected chi connectivity index (χ3v) is 3.35. The Morgan fingerprint density at radius 2 is 2.31 bits per heavy atom. The molecule has 13 heavy (non-hydrogen) atoms. The highest BCUT2D eigenvalue weighted by molar-refractivity contribution is 7.98. The maximum Gasteiger partial charge on any atom is 0.189 e. The summed E-state index contributed by atoms with van der Waals surface area (Å²) < 4.78 is 0. The van der Waals surface area contributed by atoms with Crippen molar-refractivity contribution in [1.82, 2.24) is 15.0 Å². The van der Waals surface area contributed by atoms with E-state index in [1.54, 1.807) is 29.3 Å². The normalized spacial score (nSPS) is 10.9. The number of hydrogen-bond donors (Lipinski definition) is 0. The number of thiazole rings is 1. The SMILES string of the molecule is CCc1nc2ncc(SC)nc2s1. The predicted octanol–water partition coefficient (Wildman–Crippen LogP) is 2.37. The minimum atomic E-state index is 0.777. The molecule has 2 heterocycles. The summed E-state index contributed by atoms with van der Waals surface area (Å²) in [6.07, 6.45) is 4.72. The summed E-state index contributed by atoms with van der Waals surface area (Å²) in [5.41, 5.74) is 0.777. The van der Waals surface area contributed by atoms with Gasteiger partial charge in [-0.2, -0.15) is 0 Å². The lowest BCUT2D eigenvalue weighted by Crippen LogP contribution is -1.82. The number of fused-ring (bicyclic) bond motifs is 1. The Balaban J connectivity index is 2.57. The molecule has 0 atom stereocenters. The summed E-state index contributed by atoms with van der Waals surface area (Å²) in [5.74, 6) is 0. The average Bonchev–Trinajstić information content (AvgIpc) is 2.58. The van der Waals surface area contributed by atoms with E-state index in [0.717, 1.165) is 26.9 Å². The molecule has 5 heteroatoms. The van der Waals surface area contributed by atoms with Crippen LogP contribution in [0.5, 0.6) is 0 Å². The monoisotopic (exact) mass is 211 g/mol. The van der Waals surface area contributed by atoms with Crippen LogP contribution in [-0.4, -0.2) is 21.2 Å². The second kappa shape index (κ2) is 3.59. The average molecular weight is 211 g/mol. The first-order valence-electron chi connectivity index (χ1n) is 4.00. The standard InChI is InChI=1S/C8H9N3S2/c1-3-5-10-7-8(13-5)11-6(12-2)4-9-7/h4H,3H2,1-2H3. The third kappa shape index (κ3) is 1.66. The van der Waals surface area contributed by atoms with Gasteiger partial charge in [0.25, 0.3) is 0 Å². The van der Waals surface area contributed by atoms with Crippen LogP contribution in [-0.2, 0) is 6.42 Å². The lowest BCUT2D eigenvalue weighted by Gasteiger charge is -1.91. The van der Waals surface area contributed by atoms with Crippen molar-refractivity contribution in [3.05, 3.63) is 11.2 Å². The van der Waals surface area contributed by atoms with Crippen molar-refractivity contribution < 1.29 is 0 Å². The van der Waals surface area contributed by atoms with E-state index in [1.807, 2.05) is 6.26 Å². The number of rotatable bonds is 2. The van der Waals surface area contributed by atoms with Crippen molar-refractivity contribution in [3.8, 4) is 0 Å². The molecule has 0 aliphatic heterocycles. The fourth-order valence-corrected chi connectivity index (χ4v) is 2.23. The van der Waals surface area contributed by atoms with Gasteiger partial charge in [0, 0.05) is 0 Å². The van der Waals surface area contributed by atoms with E-state index >= 15 is 0 Å². The molecule has 0 aliphatic rings. The molecule has 0 aromatic carbocycles. The molecule has 0 spiro atoms. The Bertz CT molecular complexity index is 422. The molecular weight excluding hydrogens is 202 g/mol. The summed E-state index contributed by atoms with van der Waals surface area (Å²) in [4.78, 5) is 13.9. The zero-order chi connectivity index (χ0) is 9.26. The Kier molecular flexibility index (Phi) is 2.46. The van der Waals surface area contributed by atoms with Crippen LogP contribution >= 0.6 is 23.1 Å². The smallest absolute Gasteiger partial charge is 0.189 e. The molecule has 0 radical (unpaired) electrons. The molecule has 0 saturated heterocycles. The minimum absolute atomic E-state index is 0.777. The van der Waals surface area contributed by atoms with Crippen molar-refractivity contribution in [3.63, 3.8) is 0 Å². The first kappa shape index (κ1) is 8.90. The van der Waals surface area contributed by atoms with Gasteiger partial charge in [0.15, 0.2) is 10.5 Å². The number of aryl methyl sites for hydroxylation is 1. The van der Waals surface area contributed by atoms with Crippen LogP contribution in [0, 0.1) is 0 Å². The van der Waals surface area contributed by atoms with Gasteiger partial charge in [0.1, 0.15) is 5.03 Å². The highest BCUT2D eigenvalue weighted by Crippen LogP contribution is 2.21. The lowest BCUT2D eigenvalue weighted by molar-refractivity contribution is 1.08. The van der Waals surface area contributed by atoms with Gasteiger partial charge in [-0.25, -0.2) is 15.0 Å². The fourth-order valence-electron chi connectivity index (χ4n) is 0.998. The predicted molar refractivity (Wildman–Crippen MR) is 56.4 cm³/mol. The van der Waals surface area contributed by atoms with E-state index in [2.05, 4.69) is 21.9 Å². The quantitative estimate of drug-likeness (QED) is 0.715. The topological polar surface area (TPSA) is 38.7 Å². The largest absolute Gasteiger partial charge is 0.232 e. The molecule has 0 bridgehead atoms. The van der Waals surface area contributed by atoms with E-state index in [0.29, 0.717) is 0 Å². The Morgan fingerprint density at radius 1 is 1.46 bits per heavy atom. The van der Waals surface area contributed by atoms with Crippen molar-refractivity contribution in [2.75, 3.05) is 6.26 Å². The molecule has 68 valence electrons. The van der Waals surface area contributed by atoms with Crippen LogP contribution in [0.1, 0.15) is 11.9 Å². The van der Waals surface area contributed by atoms with Crippen molar-refractivity contribution in [1.29, 1.82) is 0 Å². The molecule has 3 nitrogen and oxygen atoms in total. The second-order valence-corrected chi connectivity index (χ2v) is 4.39. The number of nitrogens with zero attached hydrogens (tertiary/aromatic N) is 3.